The van der Waals surface area contributed by atoms with Crippen molar-refractivity contribution < 1.29 is 4.42 Å². The fourth-order valence-electron chi connectivity index (χ4n) is 2.15. The van der Waals surface area contributed by atoms with E-state index in [0.717, 1.165) is 28.0 Å². The highest BCUT2D eigenvalue weighted by atomic mass is 16.3. The molecule has 3 N–H and O–H groups in total. The van der Waals surface area contributed by atoms with Gasteiger partial charge in [0, 0.05) is 17.3 Å². The monoisotopic (exact) mass is 253 g/mol. The molecular formula is C15H15N3O. The van der Waals surface area contributed by atoms with Crippen molar-refractivity contribution in [2.24, 2.45) is 0 Å². The van der Waals surface area contributed by atoms with Gasteiger partial charge in [-0.2, -0.15) is 0 Å². The minimum atomic E-state index is 0.0730. The lowest BCUT2D eigenvalue weighted by Crippen LogP contribution is -2.06. The number of fused-ring (bicyclic) bond motifs is 1. The first-order valence-corrected chi connectivity index (χ1v) is 6.19. The van der Waals surface area contributed by atoms with E-state index in [0.29, 0.717) is 0 Å². The number of furan rings is 1. The predicted octanol–water partition coefficient (Wildman–Crippen LogP) is 3.58. The fourth-order valence-corrected chi connectivity index (χ4v) is 2.15. The van der Waals surface area contributed by atoms with E-state index in [9.17, 15) is 0 Å². The Bertz CT molecular complexity index is 692. The van der Waals surface area contributed by atoms with Crippen molar-refractivity contribution in [2.75, 3.05) is 11.1 Å². The van der Waals surface area contributed by atoms with Crippen molar-refractivity contribution in [3.8, 4) is 0 Å². The Morgan fingerprint density at radius 2 is 2.11 bits per heavy atom. The van der Waals surface area contributed by atoms with Gasteiger partial charge in [-0.15, -0.1) is 0 Å². The molecule has 0 aliphatic rings. The maximum absolute atomic E-state index is 5.96. The molecule has 0 bridgehead atoms. The Morgan fingerprint density at radius 3 is 2.89 bits per heavy atom. The van der Waals surface area contributed by atoms with Gasteiger partial charge in [-0.25, -0.2) is 0 Å². The zero-order valence-electron chi connectivity index (χ0n) is 10.6. The Hall–Kier alpha value is -2.49. The normalized spacial score (nSPS) is 12.5. The van der Waals surface area contributed by atoms with Crippen LogP contribution in [0.4, 0.5) is 11.4 Å². The molecule has 1 atom stereocenters. The Morgan fingerprint density at radius 1 is 1.21 bits per heavy atom. The number of anilines is 2. The lowest BCUT2D eigenvalue weighted by Gasteiger charge is -2.15. The van der Waals surface area contributed by atoms with E-state index >= 15 is 0 Å². The average molecular weight is 253 g/mol. The molecule has 1 unspecified atom stereocenters. The highest BCUT2D eigenvalue weighted by Gasteiger charge is 2.11. The summed E-state index contributed by atoms with van der Waals surface area (Å²) < 4.78 is 5.40. The molecule has 0 saturated carbocycles. The first-order chi connectivity index (χ1) is 9.25. The van der Waals surface area contributed by atoms with Crippen molar-refractivity contribution in [1.82, 2.24) is 4.98 Å². The van der Waals surface area contributed by atoms with Crippen molar-refractivity contribution in [1.29, 1.82) is 0 Å². The molecule has 0 amide bonds. The van der Waals surface area contributed by atoms with Crippen LogP contribution in [-0.2, 0) is 0 Å². The summed E-state index contributed by atoms with van der Waals surface area (Å²) in [5, 5.41) is 4.36. The number of nitrogens with one attached hydrogen (secondary N) is 1. The van der Waals surface area contributed by atoms with Gasteiger partial charge in [0.05, 0.1) is 23.5 Å². The molecule has 19 heavy (non-hydrogen) atoms. The molecule has 2 heterocycles. The molecule has 0 aliphatic heterocycles. The number of benzene rings is 1. The second kappa shape index (κ2) is 4.65. The van der Waals surface area contributed by atoms with Gasteiger partial charge in [-0.3, -0.25) is 4.98 Å². The molecule has 0 fully saturated rings. The molecule has 2 aromatic heterocycles. The third-order valence-corrected chi connectivity index (χ3v) is 3.15. The maximum Gasteiger partial charge on any atom is 0.125 e. The van der Waals surface area contributed by atoms with Crippen LogP contribution in [0.25, 0.3) is 10.9 Å². The van der Waals surface area contributed by atoms with Crippen LogP contribution in [0.15, 0.2) is 53.3 Å². The van der Waals surface area contributed by atoms with Crippen LogP contribution in [0.3, 0.4) is 0 Å². The van der Waals surface area contributed by atoms with Gasteiger partial charge < -0.3 is 15.5 Å². The standard InChI is InChI=1S/C15H15N3O/c1-10(14-5-3-9-19-14)18-13-7-6-12(16)11-4-2-8-17-15(11)13/h2-10,18H,16H2,1H3. The van der Waals surface area contributed by atoms with E-state index in [1.165, 1.54) is 0 Å². The molecule has 0 saturated heterocycles. The SMILES string of the molecule is CC(Nc1ccc(N)c2cccnc12)c1ccco1. The number of nitrogens with zero attached hydrogens (tertiary/aromatic N) is 1. The maximum atomic E-state index is 5.96. The van der Waals surface area contributed by atoms with Crippen LogP contribution < -0.4 is 11.1 Å². The van der Waals surface area contributed by atoms with Gasteiger partial charge in [0.1, 0.15) is 5.76 Å². The lowest BCUT2D eigenvalue weighted by atomic mass is 10.1. The van der Waals surface area contributed by atoms with E-state index in [4.69, 9.17) is 10.2 Å². The van der Waals surface area contributed by atoms with Crippen LogP contribution in [-0.4, -0.2) is 4.98 Å². The second-order valence-corrected chi connectivity index (χ2v) is 4.48. The zero-order chi connectivity index (χ0) is 13.2. The van der Waals surface area contributed by atoms with Crippen LogP contribution in [0.1, 0.15) is 18.7 Å². The highest BCUT2D eigenvalue weighted by Crippen LogP contribution is 2.29. The number of rotatable bonds is 3. The minimum Gasteiger partial charge on any atom is -0.467 e. The number of nitrogen functional groups attached to an aromatic ring is 1. The third kappa shape index (κ3) is 2.12. The smallest absolute Gasteiger partial charge is 0.125 e. The molecule has 0 aliphatic carbocycles. The predicted molar refractivity (Wildman–Crippen MR) is 76.9 cm³/mol. The van der Waals surface area contributed by atoms with Gasteiger partial charge in [0.15, 0.2) is 0 Å². The quantitative estimate of drug-likeness (QED) is 0.700. The van der Waals surface area contributed by atoms with Crippen LogP contribution in [0.2, 0.25) is 0 Å². The number of nitrogens with two attached hydrogens (primary N) is 1. The molecule has 3 aromatic rings. The number of hydrogen-bond acceptors (Lipinski definition) is 4. The molecule has 4 heteroatoms. The summed E-state index contributed by atoms with van der Waals surface area (Å²) in [7, 11) is 0. The Kier molecular flexibility index (Phi) is 2.83. The van der Waals surface area contributed by atoms with E-state index < -0.39 is 0 Å². The van der Waals surface area contributed by atoms with Gasteiger partial charge in [0.25, 0.3) is 0 Å². The third-order valence-electron chi connectivity index (χ3n) is 3.15. The number of pyridine rings is 1. The van der Waals surface area contributed by atoms with Gasteiger partial charge in [0.2, 0.25) is 0 Å². The van der Waals surface area contributed by atoms with Gasteiger partial charge in [-0.05, 0) is 43.3 Å². The summed E-state index contributed by atoms with van der Waals surface area (Å²) in [5.41, 5.74) is 8.53. The van der Waals surface area contributed by atoms with Crippen LogP contribution in [0.5, 0.6) is 0 Å². The Labute approximate surface area is 111 Å². The van der Waals surface area contributed by atoms with Crippen molar-refractivity contribution in [2.45, 2.75) is 13.0 Å². The molecule has 96 valence electrons. The topological polar surface area (TPSA) is 64.1 Å². The molecule has 4 nitrogen and oxygen atoms in total. The van der Waals surface area contributed by atoms with Gasteiger partial charge >= 0.3 is 0 Å². The summed E-state index contributed by atoms with van der Waals surface area (Å²) in [6.45, 7) is 2.05. The van der Waals surface area contributed by atoms with E-state index in [2.05, 4.69) is 10.3 Å². The van der Waals surface area contributed by atoms with Crippen molar-refractivity contribution >= 4 is 22.3 Å². The number of aromatic nitrogens is 1. The number of hydrogen-bond donors (Lipinski definition) is 2. The van der Waals surface area contributed by atoms with E-state index in [-0.39, 0.29) is 6.04 Å². The van der Waals surface area contributed by atoms with E-state index in [1.54, 1.807) is 12.5 Å². The molecule has 1 aromatic carbocycles. The summed E-state index contributed by atoms with van der Waals surface area (Å²) in [5.74, 6) is 0.890. The largest absolute Gasteiger partial charge is 0.467 e. The van der Waals surface area contributed by atoms with Crippen molar-refractivity contribution in [3.05, 3.63) is 54.6 Å². The first kappa shape index (κ1) is 11.6. The summed E-state index contributed by atoms with van der Waals surface area (Å²) in [4.78, 5) is 4.40. The summed E-state index contributed by atoms with van der Waals surface area (Å²) in [6, 6.07) is 11.6. The fraction of sp³-hybridized carbons (Fsp3) is 0.133. The van der Waals surface area contributed by atoms with Gasteiger partial charge in [-0.1, -0.05) is 0 Å². The Balaban J connectivity index is 2.00. The van der Waals surface area contributed by atoms with Crippen LogP contribution >= 0.6 is 0 Å². The first-order valence-electron chi connectivity index (χ1n) is 6.19. The summed E-state index contributed by atoms with van der Waals surface area (Å²) >= 11 is 0. The van der Waals surface area contributed by atoms with Crippen molar-refractivity contribution in [3.63, 3.8) is 0 Å². The zero-order valence-corrected chi connectivity index (χ0v) is 10.6. The van der Waals surface area contributed by atoms with E-state index in [1.807, 2.05) is 43.3 Å². The lowest BCUT2D eigenvalue weighted by molar-refractivity contribution is 0.491. The molecule has 3 rings (SSSR count). The second-order valence-electron chi connectivity index (χ2n) is 4.48. The minimum absolute atomic E-state index is 0.0730. The molecule has 0 spiro atoms. The highest BCUT2D eigenvalue weighted by molar-refractivity contribution is 5.98. The average Bonchev–Trinajstić information content (AvgIpc) is 2.96. The van der Waals surface area contributed by atoms with Crippen LogP contribution in [0, 0.1) is 0 Å². The molecule has 0 radical (unpaired) electrons. The summed E-state index contributed by atoms with van der Waals surface area (Å²) in [6.07, 6.45) is 3.44. The molecular weight excluding hydrogens is 238 g/mol.